The molecule has 0 atom stereocenters. The van der Waals surface area contributed by atoms with Crippen LogP contribution in [0.3, 0.4) is 0 Å². The molecule has 0 radical (unpaired) electrons. The second-order valence-corrected chi connectivity index (χ2v) is 9.46. The van der Waals surface area contributed by atoms with Crippen molar-refractivity contribution in [2.75, 3.05) is 6.26 Å². The molecule has 0 aliphatic heterocycles. The average Bonchev–Trinajstić information content (AvgIpc) is 3.28. The predicted molar refractivity (Wildman–Crippen MR) is 116 cm³/mol. The van der Waals surface area contributed by atoms with Crippen molar-refractivity contribution in [1.29, 1.82) is 0 Å². The van der Waals surface area contributed by atoms with E-state index in [1.165, 1.54) is 11.6 Å². The molecule has 0 aliphatic rings. The van der Waals surface area contributed by atoms with E-state index in [2.05, 4.69) is 46.5 Å². The van der Waals surface area contributed by atoms with Gasteiger partial charge >= 0.3 is 0 Å². The van der Waals surface area contributed by atoms with Crippen LogP contribution in [-0.4, -0.2) is 30.5 Å². The van der Waals surface area contributed by atoms with Crippen LogP contribution in [0.1, 0.15) is 27.3 Å². The molecule has 4 rings (SSSR count). The van der Waals surface area contributed by atoms with Crippen LogP contribution in [0.5, 0.6) is 0 Å². The van der Waals surface area contributed by atoms with Crippen LogP contribution in [0, 0.1) is 6.92 Å². The van der Waals surface area contributed by atoms with Crippen LogP contribution < -0.4 is 4.72 Å². The Kier molecular flexibility index (Phi) is 4.97. The normalized spacial score (nSPS) is 11.7. The van der Waals surface area contributed by atoms with Gasteiger partial charge in [0.15, 0.2) is 0 Å². The van der Waals surface area contributed by atoms with Gasteiger partial charge in [0, 0.05) is 34.0 Å². The number of aromatic amines is 1. The lowest BCUT2D eigenvalue weighted by atomic mass is 10.0. The number of thiophene rings is 1. The van der Waals surface area contributed by atoms with E-state index in [-0.39, 0.29) is 5.69 Å². The van der Waals surface area contributed by atoms with Crippen molar-refractivity contribution < 1.29 is 13.2 Å². The zero-order valence-corrected chi connectivity index (χ0v) is 17.5. The number of sulfonamides is 1. The Morgan fingerprint density at radius 2 is 2.03 bits per heavy atom. The Balaban J connectivity index is 1.76. The maximum atomic E-state index is 12.2. The van der Waals surface area contributed by atoms with Gasteiger partial charge in [-0.3, -0.25) is 4.79 Å². The van der Waals surface area contributed by atoms with Crippen LogP contribution >= 0.6 is 11.3 Å². The third kappa shape index (κ3) is 4.23. The van der Waals surface area contributed by atoms with Gasteiger partial charge in [-0.05, 0) is 47.7 Å². The van der Waals surface area contributed by atoms with Gasteiger partial charge in [-0.25, -0.2) is 18.1 Å². The fourth-order valence-electron chi connectivity index (χ4n) is 3.31. The minimum atomic E-state index is -3.65. The maximum Gasteiger partial charge on any atom is 0.283 e. The lowest BCUT2D eigenvalue weighted by Gasteiger charge is -2.07. The molecule has 1 amide bonds. The molecule has 3 aromatic heterocycles. The van der Waals surface area contributed by atoms with E-state index in [1.54, 1.807) is 17.4 Å². The van der Waals surface area contributed by atoms with Crippen LogP contribution in [0.25, 0.3) is 22.2 Å². The SMILES string of the molecule is Cc1ccc2c(Cc3cccc(C(=O)NS(C)(=O)=O)n3)c(-c3ccsc3)[nH]c2c1. The molecule has 2 N–H and O–H groups in total. The van der Waals surface area contributed by atoms with Gasteiger partial charge in [0.1, 0.15) is 5.69 Å². The molecule has 0 saturated carbocycles. The summed E-state index contributed by atoms with van der Waals surface area (Å²) in [4.78, 5) is 20.1. The average molecular weight is 426 g/mol. The summed E-state index contributed by atoms with van der Waals surface area (Å²) < 4.78 is 24.6. The smallest absolute Gasteiger partial charge is 0.283 e. The molecule has 6 nitrogen and oxygen atoms in total. The van der Waals surface area contributed by atoms with Crippen LogP contribution in [0.4, 0.5) is 0 Å². The third-order valence-corrected chi connectivity index (χ3v) is 5.79. The van der Waals surface area contributed by atoms with Crippen LogP contribution in [0.2, 0.25) is 0 Å². The summed E-state index contributed by atoms with van der Waals surface area (Å²) in [5.74, 6) is -0.734. The number of carbonyl (C=O) groups is 1. The zero-order valence-electron chi connectivity index (χ0n) is 15.9. The van der Waals surface area contributed by atoms with E-state index in [9.17, 15) is 13.2 Å². The van der Waals surface area contributed by atoms with E-state index >= 15 is 0 Å². The summed E-state index contributed by atoms with van der Waals surface area (Å²) in [6.07, 6.45) is 1.45. The molecule has 0 aliphatic carbocycles. The summed E-state index contributed by atoms with van der Waals surface area (Å²) in [5.41, 5.74) is 6.19. The number of fused-ring (bicyclic) bond motifs is 1. The number of aryl methyl sites for hydroxylation is 1. The highest BCUT2D eigenvalue weighted by molar-refractivity contribution is 7.89. The predicted octanol–water partition coefficient (Wildman–Crippen LogP) is 3.88. The number of carbonyl (C=O) groups excluding carboxylic acids is 1. The number of hydrogen-bond acceptors (Lipinski definition) is 5. The van der Waals surface area contributed by atoms with Crippen molar-refractivity contribution in [3.8, 4) is 11.3 Å². The quantitative estimate of drug-likeness (QED) is 0.508. The summed E-state index contributed by atoms with van der Waals surface area (Å²) in [5, 5.41) is 5.22. The molecule has 1 aromatic carbocycles. The van der Waals surface area contributed by atoms with E-state index in [1.807, 2.05) is 16.2 Å². The van der Waals surface area contributed by atoms with Crippen molar-refractivity contribution in [1.82, 2.24) is 14.7 Å². The Hall–Kier alpha value is -2.97. The second kappa shape index (κ2) is 7.46. The fraction of sp³-hybridized carbons (Fsp3) is 0.143. The molecular formula is C21H19N3O3S2. The number of amides is 1. The third-order valence-electron chi connectivity index (χ3n) is 4.55. The first kappa shape index (κ1) is 19.4. The number of aromatic nitrogens is 2. The number of benzene rings is 1. The molecule has 0 spiro atoms. The number of hydrogen-bond donors (Lipinski definition) is 2. The van der Waals surface area contributed by atoms with Crippen molar-refractivity contribution in [3.63, 3.8) is 0 Å². The Morgan fingerprint density at radius 3 is 2.76 bits per heavy atom. The first-order valence-electron chi connectivity index (χ1n) is 8.92. The van der Waals surface area contributed by atoms with E-state index in [0.29, 0.717) is 12.1 Å². The van der Waals surface area contributed by atoms with Crippen molar-refractivity contribution in [2.24, 2.45) is 0 Å². The topological polar surface area (TPSA) is 91.9 Å². The largest absolute Gasteiger partial charge is 0.354 e. The summed E-state index contributed by atoms with van der Waals surface area (Å²) in [6.45, 7) is 2.05. The summed E-state index contributed by atoms with van der Waals surface area (Å²) in [6, 6.07) is 13.4. The number of nitrogens with zero attached hydrogens (tertiary/aromatic N) is 1. The maximum absolute atomic E-state index is 12.2. The van der Waals surface area contributed by atoms with Gasteiger partial charge in [0.25, 0.3) is 5.91 Å². The molecule has 0 fully saturated rings. The number of pyridine rings is 1. The van der Waals surface area contributed by atoms with Crippen molar-refractivity contribution in [2.45, 2.75) is 13.3 Å². The monoisotopic (exact) mass is 425 g/mol. The molecule has 3 heterocycles. The van der Waals surface area contributed by atoms with E-state index < -0.39 is 15.9 Å². The highest BCUT2D eigenvalue weighted by Crippen LogP contribution is 2.33. The number of nitrogens with one attached hydrogen (secondary N) is 2. The van der Waals surface area contributed by atoms with Crippen LogP contribution in [0.15, 0.2) is 53.2 Å². The molecule has 0 saturated heterocycles. The van der Waals surface area contributed by atoms with Crippen LogP contribution in [-0.2, 0) is 16.4 Å². The van der Waals surface area contributed by atoms with Crippen molar-refractivity contribution >= 4 is 38.2 Å². The van der Waals surface area contributed by atoms with Gasteiger partial charge in [-0.2, -0.15) is 11.3 Å². The molecule has 0 bridgehead atoms. The standard InChI is InChI=1S/C21H19N3O3S2/c1-13-6-7-16-17(20(23-19(16)10-13)14-8-9-28-12-14)11-15-4-3-5-18(22-15)21(25)24-29(2,26)27/h3-10,12,23H,11H2,1-2H3,(H,24,25). The highest BCUT2D eigenvalue weighted by Gasteiger charge is 2.17. The molecule has 8 heteroatoms. The Labute approximate surface area is 172 Å². The second-order valence-electron chi connectivity index (χ2n) is 6.93. The fourth-order valence-corrected chi connectivity index (χ4v) is 4.40. The molecular weight excluding hydrogens is 406 g/mol. The molecule has 4 aromatic rings. The lowest BCUT2D eigenvalue weighted by Crippen LogP contribution is -2.30. The molecule has 148 valence electrons. The lowest BCUT2D eigenvalue weighted by molar-refractivity contribution is 0.0976. The van der Waals surface area contributed by atoms with Gasteiger partial charge in [-0.15, -0.1) is 0 Å². The Bertz CT molecular complexity index is 1310. The van der Waals surface area contributed by atoms with Gasteiger partial charge in [0.05, 0.1) is 11.9 Å². The first-order valence-corrected chi connectivity index (χ1v) is 11.8. The molecule has 29 heavy (non-hydrogen) atoms. The molecule has 0 unspecified atom stereocenters. The minimum Gasteiger partial charge on any atom is -0.354 e. The van der Waals surface area contributed by atoms with Gasteiger partial charge in [-0.1, -0.05) is 18.2 Å². The first-order chi connectivity index (χ1) is 13.8. The summed E-state index contributed by atoms with van der Waals surface area (Å²) in [7, 11) is -3.65. The highest BCUT2D eigenvalue weighted by atomic mass is 32.2. The van der Waals surface area contributed by atoms with E-state index in [4.69, 9.17) is 0 Å². The van der Waals surface area contributed by atoms with E-state index in [0.717, 1.165) is 34.0 Å². The minimum absolute atomic E-state index is 0.0701. The summed E-state index contributed by atoms with van der Waals surface area (Å²) >= 11 is 1.63. The zero-order chi connectivity index (χ0) is 20.6. The number of H-pyrrole nitrogens is 1. The number of rotatable bonds is 5. The van der Waals surface area contributed by atoms with Gasteiger partial charge < -0.3 is 4.98 Å². The van der Waals surface area contributed by atoms with Gasteiger partial charge in [0.2, 0.25) is 10.0 Å². The Morgan fingerprint density at radius 1 is 1.21 bits per heavy atom. The van der Waals surface area contributed by atoms with Crippen molar-refractivity contribution in [3.05, 3.63) is 75.7 Å².